The minimum atomic E-state index is 0.707. The number of ether oxygens (including phenoxy) is 1. The van der Waals surface area contributed by atoms with E-state index in [1.54, 1.807) is 0 Å². The highest BCUT2D eigenvalue weighted by Crippen LogP contribution is 2.22. The van der Waals surface area contributed by atoms with Crippen molar-refractivity contribution < 1.29 is 4.74 Å². The van der Waals surface area contributed by atoms with Gasteiger partial charge in [0.15, 0.2) is 0 Å². The second-order valence-corrected chi connectivity index (χ2v) is 3.69. The van der Waals surface area contributed by atoms with E-state index in [9.17, 15) is 0 Å². The molecule has 0 aromatic heterocycles. The van der Waals surface area contributed by atoms with Gasteiger partial charge >= 0.3 is 0 Å². The van der Waals surface area contributed by atoms with Crippen molar-refractivity contribution in [2.24, 2.45) is 5.73 Å². The van der Waals surface area contributed by atoms with E-state index in [4.69, 9.17) is 22.1 Å². The van der Waals surface area contributed by atoms with E-state index in [-0.39, 0.29) is 0 Å². The predicted octanol–water partition coefficient (Wildman–Crippen LogP) is 2.77. The number of hydrogen-bond acceptors (Lipinski definition) is 2. The molecule has 0 radical (unpaired) electrons. The van der Waals surface area contributed by atoms with Crippen LogP contribution in [0, 0.1) is 6.92 Å². The van der Waals surface area contributed by atoms with Crippen molar-refractivity contribution in [2.75, 3.05) is 13.2 Å². The Morgan fingerprint density at radius 3 is 2.86 bits per heavy atom. The molecule has 0 aliphatic rings. The maximum Gasteiger partial charge on any atom is 0.123 e. The fourth-order valence-corrected chi connectivity index (χ4v) is 1.32. The van der Waals surface area contributed by atoms with Crippen LogP contribution in [0.5, 0.6) is 5.75 Å². The lowest BCUT2D eigenvalue weighted by Gasteiger charge is -2.08. The molecular weight excluding hydrogens is 198 g/mol. The number of aryl methyl sites for hydroxylation is 1. The summed E-state index contributed by atoms with van der Waals surface area (Å²) in [5, 5.41) is 0.712. The summed E-state index contributed by atoms with van der Waals surface area (Å²) in [6, 6.07) is 5.67. The number of halogens is 1. The van der Waals surface area contributed by atoms with E-state index in [1.807, 2.05) is 25.1 Å². The molecule has 1 rings (SSSR count). The molecule has 0 aliphatic heterocycles. The second-order valence-electron chi connectivity index (χ2n) is 3.25. The van der Waals surface area contributed by atoms with Gasteiger partial charge < -0.3 is 10.5 Å². The summed E-state index contributed by atoms with van der Waals surface area (Å²) >= 11 is 5.86. The van der Waals surface area contributed by atoms with Crippen molar-refractivity contribution >= 4 is 11.6 Å². The molecule has 3 heteroatoms. The van der Waals surface area contributed by atoms with Gasteiger partial charge in [0.2, 0.25) is 0 Å². The zero-order chi connectivity index (χ0) is 10.4. The maximum absolute atomic E-state index is 5.86. The Labute approximate surface area is 90.0 Å². The van der Waals surface area contributed by atoms with Crippen LogP contribution in [0.3, 0.4) is 0 Å². The third kappa shape index (κ3) is 3.56. The molecule has 0 amide bonds. The Morgan fingerprint density at radius 2 is 2.14 bits per heavy atom. The Balaban J connectivity index is 2.45. The van der Waals surface area contributed by atoms with Crippen LogP contribution in [-0.2, 0) is 0 Å². The maximum atomic E-state index is 5.86. The summed E-state index contributed by atoms with van der Waals surface area (Å²) in [5.41, 5.74) is 6.50. The minimum Gasteiger partial charge on any atom is -0.493 e. The molecular formula is C11H16ClNO. The summed E-state index contributed by atoms with van der Waals surface area (Å²) in [7, 11) is 0. The quantitative estimate of drug-likeness (QED) is 0.764. The van der Waals surface area contributed by atoms with Gasteiger partial charge in [0.05, 0.1) is 6.61 Å². The van der Waals surface area contributed by atoms with Crippen LogP contribution in [0.2, 0.25) is 5.02 Å². The molecule has 0 spiro atoms. The Morgan fingerprint density at radius 1 is 1.36 bits per heavy atom. The van der Waals surface area contributed by atoms with Gasteiger partial charge in [-0.25, -0.2) is 0 Å². The molecule has 0 fully saturated rings. The monoisotopic (exact) mass is 213 g/mol. The summed E-state index contributed by atoms with van der Waals surface area (Å²) in [6.07, 6.45) is 1.99. The Hall–Kier alpha value is -0.730. The number of nitrogens with two attached hydrogens (primary N) is 1. The SMILES string of the molecule is Cc1ccc(Cl)cc1OCCCCN. The molecule has 0 atom stereocenters. The van der Waals surface area contributed by atoms with Gasteiger partial charge in [0.25, 0.3) is 0 Å². The van der Waals surface area contributed by atoms with E-state index in [0.717, 1.165) is 30.7 Å². The average Bonchev–Trinajstić information content (AvgIpc) is 2.18. The van der Waals surface area contributed by atoms with E-state index in [1.165, 1.54) is 0 Å². The Kier molecular flexibility index (Phi) is 4.77. The topological polar surface area (TPSA) is 35.2 Å². The van der Waals surface area contributed by atoms with Crippen molar-refractivity contribution in [2.45, 2.75) is 19.8 Å². The lowest BCUT2D eigenvalue weighted by molar-refractivity contribution is 0.306. The number of hydrogen-bond donors (Lipinski definition) is 1. The lowest BCUT2D eigenvalue weighted by Crippen LogP contribution is -2.03. The van der Waals surface area contributed by atoms with E-state index >= 15 is 0 Å². The normalized spacial score (nSPS) is 10.2. The number of unbranched alkanes of at least 4 members (excludes halogenated alkanes) is 1. The molecule has 78 valence electrons. The summed E-state index contributed by atoms with van der Waals surface area (Å²) in [4.78, 5) is 0. The average molecular weight is 214 g/mol. The first-order valence-corrected chi connectivity index (χ1v) is 5.21. The first-order valence-electron chi connectivity index (χ1n) is 4.83. The van der Waals surface area contributed by atoms with Crippen LogP contribution < -0.4 is 10.5 Å². The van der Waals surface area contributed by atoms with Crippen LogP contribution in [0.25, 0.3) is 0 Å². The van der Waals surface area contributed by atoms with E-state index in [0.29, 0.717) is 11.6 Å². The molecule has 1 aromatic carbocycles. The third-order valence-corrected chi connectivity index (χ3v) is 2.24. The highest BCUT2D eigenvalue weighted by atomic mass is 35.5. The predicted molar refractivity (Wildman–Crippen MR) is 60.0 cm³/mol. The zero-order valence-corrected chi connectivity index (χ0v) is 9.18. The van der Waals surface area contributed by atoms with Gasteiger partial charge in [-0.2, -0.15) is 0 Å². The van der Waals surface area contributed by atoms with E-state index < -0.39 is 0 Å². The largest absolute Gasteiger partial charge is 0.493 e. The molecule has 0 aliphatic carbocycles. The van der Waals surface area contributed by atoms with Gasteiger partial charge in [0.1, 0.15) is 5.75 Å². The van der Waals surface area contributed by atoms with Gasteiger partial charge in [-0.15, -0.1) is 0 Å². The van der Waals surface area contributed by atoms with Crippen molar-refractivity contribution in [1.29, 1.82) is 0 Å². The lowest BCUT2D eigenvalue weighted by atomic mass is 10.2. The zero-order valence-electron chi connectivity index (χ0n) is 8.42. The van der Waals surface area contributed by atoms with Crippen molar-refractivity contribution in [3.8, 4) is 5.75 Å². The summed E-state index contributed by atoms with van der Waals surface area (Å²) in [6.45, 7) is 3.44. The van der Waals surface area contributed by atoms with Crippen LogP contribution in [0.1, 0.15) is 18.4 Å². The first-order chi connectivity index (χ1) is 6.74. The highest BCUT2D eigenvalue weighted by molar-refractivity contribution is 6.30. The first kappa shape index (κ1) is 11.3. The molecule has 0 unspecified atom stereocenters. The van der Waals surface area contributed by atoms with Gasteiger partial charge in [0, 0.05) is 5.02 Å². The fourth-order valence-electron chi connectivity index (χ4n) is 1.16. The molecule has 0 heterocycles. The van der Waals surface area contributed by atoms with Crippen LogP contribution in [0.4, 0.5) is 0 Å². The molecule has 1 aromatic rings. The fraction of sp³-hybridized carbons (Fsp3) is 0.455. The van der Waals surface area contributed by atoms with Crippen molar-refractivity contribution in [3.05, 3.63) is 28.8 Å². The van der Waals surface area contributed by atoms with Crippen LogP contribution in [-0.4, -0.2) is 13.2 Å². The van der Waals surface area contributed by atoms with E-state index in [2.05, 4.69) is 0 Å². The van der Waals surface area contributed by atoms with Crippen LogP contribution in [0.15, 0.2) is 18.2 Å². The number of benzene rings is 1. The molecule has 2 N–H and O–H groups in total. The molecule has 0 saturated carbocycles. The Bertz CT molecular complexity index is 289. The molecule has 2 nitrogen and oxygen atoms in total. The second kappa shape index (κ2) is 5.89. The highest BCUT2D eigenvalue weighted by Gasteiger charge is 1.99. The molecule has 0 saturated heterocycles. The smallest absolute Gasteiger partial charge is 0.123 e. The summed E-state index contributed by atoms with van der Waals surface area (Å²) in [5.74, 6) is 0.870. The van der Waals surface area contributed by atoms with Crippen molar-refractivity contribution in [1.82, 2.24) is 0 Å². The van der Waals surface area contributed by atoms with Gasteiger partial charge in [-0.05, 0) is 44.0 Å². The van der Waals surface area contributed by atoms with Crippen molar-refractivity contribution in [3.63, 3.8) is 0 Å². The molecule has 14 heavy (non-hydrogen) atoms. The van der Waals surface area contributed by atoms with Gasteiger partial charge in [-0.3, -0.25) is 0 Å². The minimum absolute atomic E-state index is 0.707. The molecule has 0 bridgehead atoms. The van der Waals surface area contributed by atoms with Crippen LogP contribution >= 0.6 is 11.6 Å². The number of rotatable bonds is 5. The summed E-state index contributed by atoms with van der Waals surface area (Å²) < 4.78 is 5.58. The third-order valence-electron chi connectivity index (χ3n) is 2.01. The van der Waals surface area contributed by atoms with Gasteiger partial charge in [-0.1, -0.05) is 17.7 Å². The standard InChI is InChI=1S/C11H16ClNO/c1-9-4-5-10(12)8-11(9)14-7-3-2-6-13/h4-5,8H,2-3,6-7,13H2,1H3.